The van der Waals surface area contributed by atoms with Crippen LogP contribution in [0.5, 0.6) is 0 Å². The molecule has 0 aliphatic heterocycles. The van der Waals surface area contributed by atoms with E-state index in [4.69, 9.17) is 0 Å². The molecule has 0 fully saturated rings. The molecule has 0 aromatic carbocycles. The lowest BCUT2D eigenvalue weighted by atomic mass is 9.96. The molecule has 2 N–H and O–H groups in total. The smallest absolute Gasteiger partial charge is 0.0849 e. The molecule has 0 radical (unpaired) electrons. The second-order valence-electron chi connectivity index (χ2n) is 4.73. The van der Waals surface area contributed by atoms with Crippen molar-refractivity contribution in [2.24, 2.45) is 0 Å². The summed E-state index contributed by atoms with van der Waals surface area (Å²) in [5.41, 5.74) is -0.941. The van der Waals surface area contributed by atoms with Crippen LogP contribution in [0.25, 0.3) is 0 Å². The predicted octanol–water partition coefficient (Wildman–Crippen LogP) is 2.87. The summed E-state index contributed by atoms with van der Waals surface area (Å²) in [4.78, 5) is 0. The SMILES string of the molecule is CCCCCCCCC(O)C(C)(C)O. The zero-order chi connectivity index (χ0) is 11.0. The Kier molecular flexibility index (Phi) is 7.20. The summed E-state index contributed by atoms with van der Waals surface area (Å²) in [7, 11) is 0. The minimum atomic E-state index is -0.941. The summed E-state index contributed by atoms with van der Waals surface area (Å²) in [6.45, 7) is 5.53. The third kappa shape index (κ3) is 7.34. The Morgan fingerprint density at radius 3 is 2.00 bits per heavy atom. The zero-order valence-electron chi connectivity index (χ0n) is 9.92. The lowest BCUT2D eigenvalue weighted by Gasteiger charge is -2.24. The van der Waals surface area contributed by atoms with Crippen LogP contribution >= 0.6 is 0 Å². The normalized spacial score (nSPS) is 14.4. The largest absolute Gasteiger partial charge is 0.390 e. The van der Waals surface area contributed by atoms with Crippen LogP contribution in [-0.2, 0) is 0 Å². The Labute approximate surface area is 88.3 Å². The lowest BCUT2D eigenvalue weighted by Crippen LogP contribution is -2.35. The molecule has 14 heavy (non-hydrogen) atoms. The monoisotopic (exact) mass is 202 g/mol. The number of hydrogen-bond acceptors (Lipinski definition) is 2. The molecule has 0 amide bonds. The highest BCUT2D eigenvalue weighted by Gasteiger charge is 2.23. The van der Waals surface area contributed by atoms with Crippen LogP contribution in [0.3, 0.4) is 0 Å². The van der Waals surface area contributed by atoms with E-state index in [2.05, 4.69) is 6.92 Å². The van der Waals surface area contributed by atoms with Gasteiger partial charge in [0, 0.05) is 0 Å². The second kappa shape index (κ2) is 7.24. The van der Waals surface area contributed by atoms with Crippen LogP contribution in [0.15, 0.2) is 0 Å². The molecule has 0 heterocycles. The topological polar surface area (TPSA) is 40.5 Å². The Hall–Kier alpha value is -0.0800. The molecule has 1 atom stereocenters. The Morgan fingerprint density at radius 1 is 1.00 bits per heavy atom. The van der Waals surface area contributed by atoms with Crippen molar-refractivity contribution in [1.82, 2.24) is 0 Å². The minimum absolute atomic E-state index is 0.575. The van der Waals surface area contributed by atoms with E-state index in [0.29, 0.717) is 0 Å². The zero-order valence-corrected chi connectivity index (χ0v) is 9.92. The number of aliphatic hydroxyl groups excluding tert-OH is 1. The molecular formula is C12H26O2. The van der Waals surface area contributed by atoms with E-state index in [1.807, 2.05) is 0 Å². The van der Waals surface area contributed by atoms with Gasteiger partial charge in [0.1, 0.15) is 0 Å². The maximum atomic E-state index is 9.54. The Balaban J connectivity index is 3.28. The lowest BCUT2D eigenvalue weighted by molar-refractivity contribution is -0.0522. The molecule has 0 spiro atoms. The van der Waals surface area contributed by atoms with Gasteiger partial charge in [-0.15, -0.1) is 0 Å². The molecule has 0 rings (SSSR count). The summed E-state index contributed by atoms with van der Waals surface area (Å²) in [5, 5.41) is 19.0. The predicted molar refractivity (Wildman–Crippen MR) is 60.3 cm³/mol. The molecule has 2 nitrogen and oxygen atoms in total. The van der Waals surface area contributed by atoms with Gasteiger partial charge in [0.05, 0.1) is 11.7 Å². The second-order valence-corrected chi connectivity index (χ2v) is 4.73. The molecule has 1 unspecified atom stereocenters. The van der Waals surface area contributed by atoms with Crippen molar-refractivity contribution in [1.29, 1.82) is 0 Å². The first-order valence-electron chi connectivity index (χ1n) is 5.89. The van der Waals surface area contributed by atoms with E-state index in [1.165, 1.54) is 32.1 Å². The third-order valence-electron chi connectivity index (χ3n) is 2.65. The van der Waals surface area contributed by atoms with Crippen LogP contribution in [0.2, 0.25) is 0 Å². The molecule has 2 heteroatoms. The highest BCUT2D eigenvalue weighted by molar-refractivity contribution is 4.75. The number of hydrogen-bond donors (Lipinski definition) is 2. The molecule has 0 aromatic heterocycles. The summed E-state index contributed by atoms with van der Waals surface area (Å²) < 4.78 is 0. The minimum Gasteiger partial charge on any atom is -0.390 e. The molecule has 0 saturated heterocycles. The first-order chi connectivity index (χ1) is 6.48. The fraction of sp³-hybridized carbons (Fsp3) is 1.00. The first-order valence-corrected chi connectivity index (χ1v) is 5.89. The summed E-state index contributed by atoms with van der Waals surface area (Å²) in [5.74, 6) is 0. The van der Waals surface area contributed by atoms with Crippen LogP contribution in [0.4, 0.5) is 0 Å². The van der Waals surface area contributed by atoms with Gasteiger partial charge in [-0.3, -0.25) is 0 Å². The van der Waals surface area contributed by atoms with Gasteiger partial charge in [-0.2, -0.15) is 0 Å². The summed E-state index contributed by atoms with van der Waals surface area (Å²) in [6, 6.07) is 0. The average molecular weight is 202 g/mol. The molecule has 0 bridgehead atoms. The molecule has 0 aliphatic rings. The standard InChI is InChI=1S/C12H26O2/c1-4-5-6-7-8-9-10-11(13)12(2,3)14/h11,13-14H,4-10H2,1-3H3. The van der Waals surface area contributed by atoms with Crippen molar-refractivity contribution in [2.75, 3.05) is 0 Å². The molecule has 86 valence electrons. The van der Waals surface area contributed by atoms with E-state index < -0.39 is 11.7 Å². The van der Waals surface area contributed by atoms with Crippen LogP contribution < -0.4 is 0 Å². The van der Waals surface area contributed by atoms with Crippen molar-refractivity contribution < 1.29 is 10.2 Å². The summed E-state index contributed by atoms with van der Waals surface area (Å²) >= 11 is 0. The highest BCUT2D eigenvalue weighted by Crippen LogP contribution is 2.16. The average Bonchev–Trinajstić information content (AvgIpc) is 2.09. The third-order valence-corrected chi connectivity index (χ3v) is 2.65. The van der Waals surface area contributed by atoms with Gasteiger partial charge in [0.15, 0.2) is 0 Å². The number of aliphatic hydroxyl groups is 2. The maximum Gasteiger partial charge on any atom is 0.0849 e. The fourth-order valence-corrected chi connectivity index (χ4v) is 1.47. The van der Waals surface area contributed by atoms with Gasteiger partial charge in [0.2, 0.25) is 0 Å². The number of unbranched alkanes of at least 4 members (excludes halogenated alkanes) is 5. The van der Waals surface area contributed by atoms with Crippen molar-refractivity contribution in [3.63, 3.8) is 0 Å². The molecule has 0 saturated carbocycles. The van der Waals surface area contributed by atoms with Crippen LogP contribution in [0, 0.1) is 0 Å². The van der Waals surface area contributed by atoms with E-state index in [-0.39, 0.29) is 0 Å². The van der Waals surface area contributed by atoms with Gasteiger partial charge >= 0.3 is 0 Å². The number of rotatable bonds is 8. The quantitative estimate of drug-likeness (QED) is 0.594. The van der Waals surface area contributed by atoms with Gasteiger partial charge in [-0.05, 0) is 20.3 Å². The molecule has 0 aromatic rings. The molecule has 0 aliphatic carbocycles. The van der Waals surface area contributed by atoms with Gasteiger partial charge < -0.3 is 10.2 Å². The fourth-order valence-electron chi connectivity index (χ4n) is 1.47. The van der Waals surface area contributed by atoms with Crippen molar-refractivity contribution in [2.45, 2.75) is 77.4 Å². The van der Waals surface area contributed by atoms with E-state index in [9.17, 15) is 10.2 Å². The van der Waals surface area contributed by atoms with Crippen molar-refractivity contribution >= 4 is 0 Å². The van der Waals surface area contributed by atoms with Gasteiger partial charge in [-0.1, -0.05) is 45.4 Å². The summed E-state index contributed by atoms with van der Waals surface area (Å²) in [6.07, 6.45) is 7.48. The van der Waals surface area contributed by atoms with Crippen molar-refractivity contribution in [3.8, 4) is 0 Å². The van der Waals surface area contributed by atoms with Crippen LogP contribution in [-0.4, -0.2) is 21.9 Å². The van der Waals surface area contributed by atoms with E-state index in [1.54, 1.807) is 13.8 Å². The van der Waals surface area contributed by atoms with E-state index in [0.717, 1.165) is 12.8 Å². The maximum absolute atomic E-state index is 9.54. The van der Waals surface area contributed by atoms with E-state index >= 15 is 0 Å². The van der Waals surface area contributed by atoms with Crippen molar-refractivity contribution in [3.05, 3.63) is 0 Å². The Bertz CT molecular complexity index is 127. The van der Waals surface area contributed by atoms with Gasteiger partial charge in [-0.25, -0.2) is 0 Å². The Morgan fingerprint density at radius 2 is 1.50 bits per heavy atom. The first kappa shape index (κ1) is 13.9. The molecular weight excluding hydrogens is 176 g/mol. The van der Waals surface area contributed by atoms with Gasteiger partial charge in [0.25, 0.3) is 0 Å². The highest BCUT2D eigenvalue weighted by atomic mass is 16.3. The van der Waals surface area contributed by atoms with Crippen LogP contribution in [0.1, 0.15) is 65.7 Å².